The van der Waals surface area contributed by atoms with Gasteiger partial charge in [0.1, 0.15) is 5.82 Å². The molecule has 1 rings (SSSR count). The molecular weight excluding hydrogens is 272 g/mol. The standard InChI is InChI=1S/C15H17ClN4/c1-4-15(2,3)20-14(5-6-17)19-13-8-11(10-18)7-12(16)9-13/h5,7-9,19-20H,4H2,1-3H3/b14-5-. The Kier molecular flexibility index (Phi) is 5.43. The van der Waals surface area contributed by atoms with Crippen molar-refractivity contribution in [3.05, 3.63) is 40.7 Å². The van der Waals surface area contributed by atoms with Crippen molar-refractivity contribution in [2.24, 2.45) is 0 Å². The molecule has 0 bridgehead atoms. The zero-order chi connectivity index (χ0) is 15.2. The molecule has 0 unspecified atom stereocenters. The van der Waals surface area contributed by atoms with E-state index < -0.39 is 0 Å². The van der Waals surface area contributed by atoms with Gasteiger partial charge >= 0.3 is 0 Å². The SMILES string of the molecule is CCC(C)(C)N/C(=C\C#N)Nc1cc(Cl)cc(C#N)c1. The first-order valence-electron chi connectivity index (χ1n) is 6.26. The van der Waals surface area contributed by atoms with Gasteiger partial charge in [-0.3, -0.25) is 0 Å². The molecule has 0 aromatic heterocycles. The van der Waals surface area contributed by atoms with Gasteiger partial charge in [0.25, 0.3) is 0 Å². The number of benzene rings is 1. The fraction of sp³-hybridized carbons (Fsp3) is 0.333. The summed E-state index contributed by atoms with van der Waals surface area (Å²) in [6.07, 6.45) is 2.29. The van der Waals surface area contributed by atoms with Gasteiger partial charge < -0.3 is 10.6 Å². The number of hydrogen-bond donors (Lipinski definition) is 2. The highest BCUT2D eigenvalue weighted by Gasteiger charge is 2.15. The first-order valence-corrected chi connectivity index (χ1v) is 6.63. The van der Waals surface area contributed by atoms with E-state index in [2.05, 4.69) is 17.6 Å². The topological polar surface area (TPSA) is 71.6 Å². The summed E-state index contributed by atoms with van der Waals surface area (Å²) in [5.74, 6) is 0.575. The van der Waals surface area contributed by atoms with Crippen LogP contribution in [0.1, 0.15) is 32.8 Å². The van der Waals surface area contributed by atoms with E-state index >= 15 is 0 Å². The minimum atomic E-state index is -0.147. The normalized spacial score (nSPS) is 11.4. The van der Waals surface area contributed by atoms with Crippen LogP contribution < -0.4 is 10.6 Å². The second kappa shape index (κ2) is 6.84. The summed E-state index contributed by atoms with van der Waals surface area (Å²) in [4.78, 5) is 0. The predicted molar refractivity (Wildman–Crippen MR) is 81.0 cm³/mol. The zero-order valence-corrected chi connectivity index (χ0v) is 12.5. The number of hydrogen-bond acceptors (Lipinski definition) is 4. The maximum Gasteiger partial charge on any atom is 0.114 e. The number of nitriles is 2. The number of nitrogens with zero attached hydrogens (tertiary/aromatic N) is 2. The lowest BCUT2D eigenvalue weighted by atomic mass is 10.0. The fourth-order valence-corrected chi connectivity index (χ4v) is 1.74. The third-order valence-corrected chi connectivity index (χ3v) is 3.09. The van der Waals surface area contributed by atoms with Gasteiger partial charge in [0.15, 0.2) is 0 Å². The van der Waals surface area contributed by atoms with Gasteiger partial charge in [-0.2, -0.15) is 10.5 Å². The van der Waals surface area contributed by atoms with Crippen LogP contribution in [0.4, 0.5) is 5.69 Å². The molecular formula is C15H17ClN4. The molecule has 4 nitrogen and oxygen atoms in total. The Hall–Kier alpha value is -2.17. The fourth-order valence-electron chi connectivity index (χ4n) is 1.50. The van der Waals surface area contributed by atoms with Gasteiger partial charge in [-0.25, -0.2) is 0 Å². The third-order valence-electron chi connectivity index (χ3n) is 2.87. The largest absolute Gasteiger partial charge is 0.366 e. The van der Waals surface area contributed by atoms with Gasteiger partial charge in [-0.05, 0) is 38.5 Å². The number of allylic oxidation sites excluding steroid dienone is 1. The molecule has 0 amide bonds. The van der Waals surface area contributed by atoms with Gasteiger partial charge in [-0.15, -0.1) is 0 Å². The number of halogens is 1. The van der Waals surface area contributed by atoms with Crippen molar-refractivity contribution in [3.63, 3.8) is 0 Å². The minimum absolute atomic E-state index is 0.147. The lowest BCUT2D eigenvalue weighted by Crippen LogP contribution is -2.39. The van der Waals surface area contributed by atoms with Crippen molar-refractivity contribution in [2.45, 2.75) is 32.7 Å². The third kappa shape index (κ3) is 4.84. The number of anilines is 1. The van der Waals surface area contributed by atoms with Crippen molar-refractivity contribution in [2.75, 3.05) is 5.32 Å². The first kappa shape index (κ1) is 15.9. The molecule has 0 saturated carbocycles. The Bertz CT molecular complexity index is 591. The highest BCUT2D eigenvalue weighted by Crippen LogP contribution is 2.20. The molecule has 0 heterocycles. The van der Waals surface area contributed by atoms with Crippen molar-refractivity contribution < 1.29 is 0 Å². The van der Waals surface area contributed by atoms with Crippen LogP contribution in [0.15, 0.2) is 30.1 Å². The van der Waals surface area contributed by atoms with E-state index in [1.165, 1.54) is 6.08 Å². The molecule has 0 aliphatic rings. The maximum atomic E-state index is 8.93. The molecule has 0 aliphatic heterocycles. The van der Waals surface area contributed by atoms with E-state index in [0.29, 0.717) is 22.1 Å². The van der Waals surface area contributed by atoms with E-state index in [0.717, 1.165) is 6.42 Å². The van der Waals surface area contributed by atoms with Gasteiger partial charge in [0.2, 0.25) is 0 Å². The summed E-state index contributed by atoms with van der Waals surface area (Å²) >= 11 is 5.95. The van der Waals surface area contributed by atoms with Crippen LogP contribution in [0.25, 0.3) is 0 Å². The Morgan fingerprint density at radius 3 is 2.60 bits per heavy atom. The lowest BCUT2D eigenvalue weighted by molar-refractivity contribution is 0.416. The molecule has 5 heteroatoms. The number of rotatable bonds is 5. The summed E-state index contributed by atoms with van der Waals surface area (Å²) < 4.78 is 0. The van der Waals surface area contributed by atoms with Crippen LogP contribution in [0.5, 0.6) is 0 Å². The molecule has 0 saturated heterocycles. The van der Waals surface area contributed by atoms with Crippen LogP contribution in [-0.4, -0.2) is 5.54 Å². The second-order valence-electron chi connectivity index (χ2n) is 5.01. The summed E-state index contributed by atoms with van der Waals surface area (Å²) in [5, 5.41) is 24.6. The molecule has 0 aliphatic carbocycles. The molecule has 20 heavy (non-hydrogen) atoms. The van der Waals surface area contributed by atoms with Gasteiger partial charge in [-0.1, -0.05) is 18.5 Å². The van der Waals surface area contributed by atoms with E-state index in [9.17, 15) is 0 Å². The Morgan fingerprint density at radius 2 is 2.05 bits per heavy atom. The number of nitrogens with one attached hydrogen (secondary N) is 2. The Balaban J connectivity index is 2.99. The average molecular weight is 289 g/mol. The summed E-state index contributed by atoms with van der Waals surface area (Å²) in [6, 6.07) is 9.00. The van der Waals surface area contributed by atoms with Crippen molar-refractivity contribution in [1.29, 1.82) is 10.5 Å². The first-order chi connectivity index (χ1) is 9.40. The molecule has 0 fully saturated rings. The molecule has 1 aromatic rings. The monoisotopic (exact) mass is 288 g/mol. The Morgan fingerprint density at radius 1 is 1.35 bits per heavy atom. The van der Waals surface area contributed by atoms with Crippen LogP contribution in [0, 0.1) is 22.7 Å². The van der Waals surface area contributed by atoms with Gasteiger partial charge in [0, 0.05) is 16.2 Å². The summed E-state index contributed by atoms with van der Waals surface area (Å²) in [7, 11) is 0. The van der Waals surface area contributed by atoms with Crippen LogP contribution in [0.3, 0.4) is 0 Å². The lowest BCUT2D eigenvalue weighted by Gasteiger charge is -2.27. The highest BCUT2D eigenvalue weighted by molar-refractivity contribution is 6.31. The Labute approximate surface area is 124 Å². The minimum Gasteiger partial charge on any atom is -0.366 e. The van der Waals surface area contributed by atoms with E-state index in [1.807, 2.05) is 26.0 Å². The predicted octanol–water partition coefficient (Wildman–Crippen LogP) is 3.77. The highest BCUT2D eigenvalue weighted by atomic mass is 35.5. The molecule has 0 radical (unpaired) electrons. The van der Waals surface area contributed by atoms with Crippen molar-refractivity contribution in [1.82, 2.24) is 5.32 Å². The quantitative estimate of drug-likeness (QED) is 0.809. The molecule has 104 valence electrons. The zero-order valence-electron chi connectivity index (χ0n) is 11.8. The second-order valence-corrected chi connectivity index (χ2v) is 5.45. The molecule has 1 aromatic carbocycles. The summed E-state index contributed by atoms with van der Waals surface area (Å²) in [5.41, 5.74) is 0.979. The van der Waals surface area contributed by atoms with Crippen molar-refractivity contribution >= 4 is 17.3 Å². The molecule has 0 atom stereocenters. The van der Waals surface area contributed by atoms with Crippen LogP contribution in [-0.2, 0) is 0 Å². The van der Waals surface area contributed by atoms with Crippen LogP contribution >= 0.6 is 11.6 Å². The molecule has 2 N–H and O–H groups in total. The van der Waals surface area contributed by atoms with E-state index in [-0.39, 0.29) is 5.54 Å². The average Bonchev–Trinajstić information content (AvgIpc) is 2.37. The maximum absolute atomic E-state index is 8.93. The van der Waals surface area contributed by atoms with Crippen LogP contribution in [0.2, 0.25) is 5.02 Å². The summed E-state index contributed by atoms with van der Waals surface area (Å²) in [6.45, 7) is 6.14. The van der Waals surface area contributed by atoms with E-state index in [1.54, 1.807) is 18.2 Å². The van der Waals surface area contributed by atoms with Crippen molar-refractivity contribution in [3.8, 4) is 12.1 Å². The van der Waals surface area contributed by atoms with Gasteiger partial charge in [0.05, 0.1) is 23.8 Å². The van der Waals surface area contributed by atoms with E-state index in [4.69, 9.17) is 22.1 Å². The smallest absolute Gasteiger partial charge is 0.114 e. The molecule has 0 spiro atoms.